The van der Waals surface area contributed by atoms with Crippen molar-refractivity contribution in [3.05, 3.63) is 35.6 Å². The van der Waals surface area contributed by atoms with Crippen molar-refractivity contribution >= 4 is 15.9 Å². The molecule has 0 amide bonds. The third-order valence-corrected chi connectivity index (χ3v) is 3.44. The number of aryl methyl sites for hydroxylation is 1. The fourth-order valence-corrected chi connectivity index (χ4v) is 2.45. The van der Waals surface area contributed by atoms with Crippen molar-refractivity contribution in [2.45, 2.75) is 43.9 Å². The molecule has 1 rings (SSSR count). The summed E-state index contributed by atoms with van der Waals surface area (Å²) in [6.45, 7) is 2.19. The van der Waals surface area contributed by atoms with E-state index in [4.69, 9.17) is 0 Å². The van der Waals surface area contributed by atoms with E-state index in [0.717, 1.165) is 24.8 Å². The number of benzene rings is 1. The average molecular weight is 273 g/mol. The topological polar surface area (TPSA) is 0 Å². The third kappa shape index (κ3) is 4.78. The molecule has 0 nitrogen and oxygen atoms in total. The second-order valence-corrected chi connectivity index (χ2v) is 5.16. The molecule has 0 aliphatic rings. The van der Waals surface area contributed by atoms with Crippen molar-refractivity contribution in [2.24, 2.45) is 0 Å². The second-order valence-electron chi connectivity index (χ2n) is 3.87. The first-order chi connectivity index (χ1) is 7.24. The number of halogens is 2. The smallest absolute Gasteiger partial charge is 0.126 e. The Labute approximate surface area is 100 Å². The summed E-state index contributed by atoms with van der Waals surface area (Å²) in [4.78, 5) is 0.592. The number of alkyl halides is 1. The van der Waals surface area contributed by atoms with Gasteiger partial charge in [0.25, 0.3) is 0 Å². The van der Waals surface area contributed by atoms with Crippen LogP contribution in [0, 0.1) is 5.82 Å². The zero-order chi connectivity index (χ0) is 11.1. The van der Waals surface area contributed by atoms with E-state index in [1.165, 1.54) is 18.9 Å². The van der Waals surface area contributed by atoms with Gasteiger partial charge in [-0.25, -0.2) is 4.39 Å². The number of hydrogen-bond acceptors (Lipinski definition) is 0. The summed E-state index contributed by atoms with van der Waals surface area (Å²) < 4.78 is 13.3. The van der Waals surface area contributed by atoms with Crippen molar-refractivity contribution in [3.63, 3.8) is 0 Å². The molecule has 1 unspecified atom stereocenters. The molecule has 0 heterocycles. The van der Waals surface area contributed by atoms with Gasteiger partial charge in [0.1, 0.15) is 5.82 Å². The molecule has 0 bridgehead atoms. The lowest BCUT2D eigenvalue weighted by Gasteiger charge is -2.08. The van der Waals surface area contributed by atoms with Crippen LogP contribution in [0.3, 0.4) is 0 Å². The summed E-state index contributed by atoms with van der Waals surface area (Å²) in [5, 5.41) is 0. The van der Waals surface area contributed by atoms with Crippen LogP contribution in [0.5, 0.6) is 0 Å². The van der Waals surface area contributed by atoms with E-state index in [0.29, 0.717) is 4.83 Å². The number of hydrogen-bond donors (Lipinski definition) is 0. The Morgan fingerprint density at radius 3 is 2.67 bits per heavy atom. The summed E-state index contributed by atoms with van der Waals surface area (Å²) >= 11 is 3.64. The van der Waals surface area contributed by atoms with Gasteiger partial charge in [0.2, 0.25) is 0 Å². The molecule has 1 aromatic rings. The molecule has 1 aromatic carbocycles. The standard InChI is InChI=1S/C13H18BrF/c1-2-6-12(14)9-5-8-11-7-3-4-10-13(11)15/h3-4,7,10,12H,2,5-6,8-9H2,1H3. The van der Waals surface area contributed by atoms with Gasteiger partial charge < -0.3 is 0 Å². The lowest BCUT2D eigenvalue weighted by molar-refractivity contribution is 0.593. The molecular formula is C13H18BrF. The Morgan fingerprint density at radius 1 is 1.27 bits per heavy atom. The van der Waals surface area contributed by atoms with Gasteiger partial charge in [-0.2, -0.15) is 0 Å². The first-order valence-corrected chi connectivity index (χ1v) is 6.53. The minimum Gasteiger partial charge on any atom is -0.207 e. The largest absolute Gasteiger partial charge is 0.207 e. The van der Waals surface area contributed by atoms with E-state index in [9.17, 15) is 4.39 Å². The van der Waals surface area contributed by atoms with Crippen LogP contribution in [0.15, 0.2) is 24.3 Å². The van der Waals surface area contributed by atoms with E-state index in [2.05, 4.69) is 22.9 Å². The van der Waals surface area contributed by atoms with Crippen LogP contribution < -0.4 is 0 Å². The lowest BCUT2D eigenvalue weighted by atomic mass is 10.1. The quantitative estimate of drug-likeness (QED) is 0.658. The first kappa shape index (κ1) is 12.7. The molecule has 1 atom stereocenters. The Kier molecular flexibility index (Phi) is 5.92. The maximum Gasteiger partial charge on any atom is 0.126 e. The fraction of sp³-hybridized carbons (Fsp3) is 0.538. The van der Waals surface area contributed by atoms with Crippen molar-refractivity contribution in [1.29, 1.82) is 0 Å². The lowest BCUT2D eigenvalue weighted by Crippen LogP contribution is -1.99. The number of rotatable bonds is 6. The molecule has 0 N–H and O–H groups in total. The first-order valence-electron chi connectivity index (χ1n) is 5.61. The van der Waals surface area contributed by atoms with Crippen LogP contribution in [0.25, 0.3) is 0 Å². The van der Waals surface area contributed by atoms with Crippen molar-refractivity contribution < 1.29 is 4.39 Å². The highest BCUT2D eigenvalue weighted by Gasteiger charge is 2.04. The Balaban J connectivity index is 2.29. The summed E-state index contributed by atoms with van der Waals surface area (Å²) in [7, 11) is 0. The molecule has 15 heavy (non-hydrogen) atoms. The van der Waals surface area contributed by atoms with Gasteiger partial charge in [0, 0.05) is 4.83 Å². The SMILES string of the molecule is CCCC(Br)CCCc1ccccc1F. The van der Waals surface area contributed by atoms with Gasteiger partial charge in [-0.15, -0.1) is 0 Å². The van der Waals surface area contributed by atoms with Crippen LogP contribution in [0.2, 0.25) is 0 Å². The van der Waals surface area contributed by atoms with Crippen LogP contribution >= 0.6 is 15.9 Å². The normalized spacial score (nSPS) is 12.7. The molecular weight excluding hydrogens is 255 g/mol. The molecule has 0 spiro atoms. The Hall–Kier alpha value is -0.370. The van der Waals surface area contributed by atoms with Gasteiger partial charge in [-0.1, -0.05) is 47.5 Å². The summed E-state index contributed by atoms with van der Waals surface area (Å²) in [6, 6.07) is 7.05. The molecule has 0 aromatic heterocycles. The van der Waals surface area contributed by atoms with Crippen molar-refractivity contribution in [2.75, 3.05) is 0 Å². The maximum absolute atomic E-state index is 13.3. The monoisotopic (exact) mass is 272 g/mol. The zero-order valence-electron chi connectivity index (χ0n) is 9.18. The highest BCUT2D eigenvalue weighted by Crippen LogP contribution is 2.17. The van der Waals surface area contributed by atoms with Crippen LogP contribution in [-0.4, -0.2) is 4.83 Å². The minimum absolute atomic E-state index is 0.0703. The molecule has 0 saturated carbocycles. The molecule has 84 valence electrons. The predicted octanol–water partition coefficient (Wildman–Crippen LogP) is 4.71. The van der Waals surface area contributed by atoms with Crippen molar-refractivity contribution in [1.82, 2.24) is 0 Å². The predicted molar refractivity (Wildman–Crippen MR) is 67.0 cm³/mol. The molecule has 0 aliphatic carbocycles. The van der Waals surface area contributed by atoms with E-state index in [1.54, 1.807) is 6.07 Å². The van der Waals surface area contributed by atoms with Gasteiger partial charge in [-0.3, -0.25) is 0 Å². The Bertz CT molecular complexity index is 286. The summed E-state index contributed by atoms with van der Waals surface area (Å²) in [6.07, 6.45) is 5.43. The van der Waals surface area contributed by atoms with Crippen LogP contribution in [0.4, 0.5) is 4.39 Å². The second kappa shape index (κ2) is 7.00. The molecule has 2 heteroatoms. The maximum atomic E-state index is 13.3. The zero-order valence-corrected chi connectivity index (χ0v) is 10.8. The highest BCUT2D eigenvalue weighted by molar-refractivity contribution is 9.09. The fourth-order valence-electron chi connectivity index (χ4n) is 1.67. The Morgan fingerprint density at radius 2 is 2.00 bits per heavy atom. The van der Waals surface area contributed by atoms with Gasteiger partial charge >= 0.3 is 0 Å². The van der Waals surface area contributed by atoms with Crippen LogP contribution in [-0.2, 0) is 6.42 Å². The summed E-state index contributed by atoms with van der Waals surface area (Å²) in [5.74, 6) is -0.0703. The van der Waals surface area contributed by atoms with Crippen LogP contribution in [0.1, 0.15) is 38.2 Å². The van der Waals surface area contributed by atoms with E-state index in [-0.39, 0.29) is 5.82 Å². The summed E-state index contributed by atoms with van der Waals surface area (Å²) in [5.41, 5.74) is 0.841. The molecule has 0 aliphatic heterocycles. The molecule has 0 saturated heterocycles. The van der Waals surface area contributed by atoms with E-state index >= 15 is 0 Å². The average Bonchev–Trinajstić information content (AvgIpc) is 2.21. The van der Waals surface area contributed by atoms with Gasteiger partial charge in [0.15, 0.2) is 0 Å². The third-order valence-electron chi connectivity index (χ3n) is 2.52. The minimum atomic E-state index is -0.0703. The van der Waals surface area contributed by atoms with Crippen molar-refractivity contribution in [3.8, 4) is 0 Å². The van der Waals surface area contributed by atoms with E-state index < -0.39 is 0 Å². The van der Waals surface area contributed by atoms with Gasteiger partial charge in [0.05, 0.1) is 0 Å². The molecule has 0 radical (unpaired) electrons. The highest BCUT2D eigenvalue weighted by atomic mass is 79.9. The van der Waals surface area contributed by atoms with Gasteiger partial charge in [-0.05, 0) is 37.3 Å². The molecule has 0 fully saturated rings. The van der Waals surface area contributed by atoms with E-state index in [1.807, 2.05) is 12.1 Å².